The second-order valence-corrected chi connectivity index (χ2v) is 12.2. The summed E-state index contributed by atoms with van der Waals surface area (Å²) in [7, 11) is 0. The molecule has 2 aliphatic heterocycles. The highest BCUT2D eigenvalue weighted by Gasteiger charge is 2.48. The summed E-state index contributed by atoms with van der Waals surface area (Å²) in [5.74, 6) is -0.861. The molecule has 0 unspecified atom stereocenters. The van der Waals surface area contributed by atoms with E-state index in [1.807, 2.05) is 44.2 Å². The first-order valence-corrected chi connectivity index (χ1v) is 15.7. The van der Waals surface area contributed by atoms with Gasteiger partial charge < -0.3 is 19.3 Å². The summed E-state index contributed by atoms with van der Waals surface area (Å²) in [4.78, 5) is 33.5. The smallest absolute Gasteiger partial charge is 0.301 e. The van der Waals surface area contributed by atoms with Gasteiger partial charge in [0.2, 0.25) is 0 Å². The predicted molar refractivity (Wildman–Crippen MR) is 173 cm³/mol. The molecule has 8 nitrogen and oxygen atoms in total. The normalized spacial score (nSPS) is 18.5. The lowest BCUT2D eigenvalue weighted by atomic mass is 9.94. The van der Waals surface area contributed by atoms with E-state index < -0.39 is 23.5 Å². The van der Waals surface area contributed by atoms with Crippen molar-refractivity contribution in [3.8, 4) is 17.2 Å². The number of aromatic nitrogens is 1. The molecule has 0 spiro atoms. The van der Waals surface area contributed by atoms with E-state index >= 15 is 0 Å². The summed E-state index contributed by atoms with van der Waals surface area (Å²) in [5.41, 5.74) is 3.15. The van der Waals surface area contributed by atoms with Crippen molar-refractivity contribution >= 4 is 44.1 Å². The first-order chi connectivity index (χ1) is 22.3. The van der Waals surface area contributed by atoms with Crippen LogP contribution in [0.1, 0.15) is 42.1 Å². The van der Waals surface area contributed by atoms with Crippen molar-refractivity contribution in [1.82, 2.24) is 4.98 Å². The van der Waals surface area contributed by atoms with Gasteiger partial charge in [-0.05, 0) is 79.1 Å². The van der Waals surface area contributed by atoms with Crippen LogP contribution < -0.4 is 19.1 Å². The van der Waals surface area contributed by atoms with Crippen molar-refractivity contribution in [3.05, 3.63) is 119 Å². The average Bonchev–Trinajstić information content (AvgIpc) is 3.72. The SMILES string of the molecule is CCOc1cc([C@H]2C(=C(O)c3ccc4c(c3)C[C@H](C)O4)C(=O)C(=O)N2c2nc3ccc(F)cc3s2)ccc1OCc1ccccc1. The zero-order chi connectivity index (χ0) is 31.9. The summed E-state index contributed by atoms with van der Waals surface area (Å²) in [6.45, 7) is 4.45. The molecule has 1 saturated heterocycles. The van der Waals surface area contributed by atoms with Crippen molar-refractivity contribution in [2.45, 2.75) is 39.0 Å². The Morgan fingerprint density at radius 2 is 1.85 bits per heavy atom. The predicted octanol–water partition coefficient (Wildman–Crippen LogP) is 7.36. The molecule has 2 atom stereocenters. The number of thiazole rings is 1. The van der Waals surface area contributed by atoms with E-state index in [-0.39, 0.29) is 22.6 Å². The first-order valence-electron chi connectivity index (χ1n) is 14.9. The van der Waals surface area contributed by atoms with Gasteiger partial charge in [-0.25, -0.2) is 9.37 Å². The molecule has 10 heteroatoms. The number of halogens is 1. The monoisotopic (exact) mass is 636 g/mol. The third kappa shape index (κ3) is 5.34. The topological polar surface area (TPSA) is 98.2 Å². The summed E-state index contributed by atoms with van der Waals surface area (Å²) in [6, 6.07) is 23.2. The van der Waals surface area contributed by atoms with Gasteiger partial charge in [-0.15, -0.1) is 0 Å². The van der Waals surface area contributed by atoms with Crippen LogP contribution in [-0.2, 0) is 22.6 Å². The minimum Gasteiger partial charge on any atom is -0.507 e. The highest BCUT2D eigenvalue weighted by molar-refractivity contribution is 7.22. The van der Waals surface area contributed by atoms with Crippen LogP contribution >= 0.6 is 11.3 Å². The molecule has 0 saturated carbocycles. The van der Waals surface area contributed by atoms with Gasteiger partial charge in [0.1, 0.15) is 30.0 Å². The maximum atomic E-state index is 14.1. The van der Waals surface area contributed by atoms with Crippen LogP contribution in [0.3, 0.4) is 0 Å². The van der Waals surface area contributed by atoms with E-state index in [4.69, 9.17) is 14.2 Å². The van der Waals surface area contributed by atoms with Gasteiger partial charge in [-0.1, -0.05) is 47.7 Å². The maximum absolute atomic E-state index is 14.1. The van der Waals surface area contributed by atoms with E-state index in [0.717, 1.165) is 28.2 Å². The minimum absolute atomic E-state index is 0.0125. The van der Waals surface area contributed by atoms with E-state index in [2.05, 4.69) is 4.98 Å². The zero-order valence-corrected chi connectivity index (χ0v) is 25.8. The second kappa shape index (κ2) is 11.9. The van der Waals surface area contributed by atoms with Gasteiger partial charge in [0, 0.05) is 12.0 Å². The molecule has 1 fully saturated rings. The summed E-state index contributed by atoms with van der Waals surface area (Å²) < 4.78 is 32.5. The molecule has 7 rings (SSSR count). The average molecular weight is 637 g/mol. The molecular formula is C36H29FN2O6S. The summed E-state index contributed by atoms with van der Waals surface area (Å²) in [5, 5.41) is 11.9. The molecule has 1 amide bonds. The number of carbonyl (C=O) groups excluding carboxylic acids is 2. The van der Waals surface area contributed by atoms with E-state index in [0.29, 0.717) is 52.5 Å². The number of Topliss-reactive ketones (excluding diaryl/α,β-unsaturated/α-hetero) is 1. The van der Waals surface area contributed by atoms with Crippen molar-refractivity contribution < 1.29 is 33.3 Å². The van der Waals surface area contributed by atoms with Crippen LogP contribution in [0.4, 0.5) is 9.52 Å². The van der Waals surface area contributed by atoms with E-state index in [1.165, 1.54) is 23.1 Å². The van der Waals surface area contributed by atoms with Gasteiger partial charge in [-0.2, -0.15) is 0 Å². The fourth-order valence-electron chi connectivity index (χ4n) is 5.88. The van der Waals surface area contributed by atoms with Crippen LogP contribution in [-0.4, -0.2) is 34.5 Å². The highest BCUT2D eigenvalue weighted by Crippen LogP contribution is 2.46. The fourth-order valence-corrected chi connectivity index (χ4v) is 6.89. The number of hydrogen-bond donors (Lipinski definition) is 1. The van der Waals surface area contributed by atoms with Crippen LogP contribution in [0.2, 0.25) is 0 Å². The number of fused-ring (bicyclic) bond motifs is 2. The third-order valence-electron chi connectivity index (χ3n) is 7.98. The number of ether oxygens (including phenoxy) is 3. The van der Waals surface area contributed by atoms with Gasteiger partial charge in [0.25, 0.3) is 5.78 Å². The molecule has 0 bridgehead atoms. The number of aliphatic hydroxyl groups is 1. The Balaban J connectivity index is 1.36. The number of carbonyl (C=O) groups is 2. The molecule has 232 valence electrons. The van der Waals surface area contributed by atoms with Crippen molar-refractivity contribution in [2.24, 2.45) is 0 Å². The van der Waals surface area contributed by atoms with Gasteiger partial charge in [0.05, 0.1) is 28.4 Å². The molecular weight excluding hydrogens is 607 g/mol. The number of aliphatic hydroxyl groups excluding tert-OH is 1. The zero-order valence-electron chi connectivity index (χ0n) is 25.0. The Morgan fingerprint density at radius 3 is 2.65 bits per heavy atom. The van der Waals surface area contributed by atoms with Gasteiger partial charge in [0.15, 0.2) is 16.6 Å². The van der Waals surface area contributed by atoms with Crippen molar-refractivity contribution in [2.75, 3.05) is 11.5 Å². The van der Waals surface area contributed by atoms with E-state index in [1.54, 1.807) is 36.4 Å². The van der Waals surface area contributed by atoms with Crippen molar-refractivity contribution in [3.63, 3.8) is 0 Å². The minimum atomic E-state index is -1.06. The third-order valence-corrected chi connectivity index (χ3v) is 9.00. The van der Waals surface area contributed by atoms with Crippen LogP contribution in [0.25, 0.3) is 16.0 Å². The molecule has 1 aromatic heterocycles. The number of nitrogens with zero attached hydrogens (tertiary/aromatic N) is 2. The van der Waals surface area contributed by atoms with Gasteiger partial charge in [-0.3, -0.25) is 14.5 Å². The van der Waals surface area contributed by atoms with E-state index in [9.17, 15) is 19.1 Å². The largest absolute Gasteiger partial charge is 0.507 e. The molecule has 0 aliphatic carbocycles. The quantitative estimate of drug-likeness (QED) is 0.108. The second-order valence-electron chi connectivity index (χ2n) is 11.1. The van der Waals surface area contributed by atoms with Crippen LogP contribution in [0.5, 0.6) is 17.2 Å². The number of ketones is 1. The lowest BCUT2D eigenvalue weighted by Gasteiger charge is -2.24. The summed E-state index contributed by atoms with van der Waals surface area (Å²) >= 11 is 1.09. The molecule has 4 aromatic carbocycles. The molecule has 1 N–H and O–H groups in total. The Labute approximate surface area is 268 Å². The highest BCUT2D eigenvalue weighted by atomic mass is 32.1. The van der Waals surface area contributed by atoms with Crippen LogP contribution in [0, 0.1) is 5.82 Å². The van der Waals surface area contributed by atoms with Crippen LogP contribution in [0.15, 0.2) is 90.5 Å². The number of anilines is 1. The molecule has 2 aliphatic rings. The van der Waals surface area contributed by atoms with Gasteiger partial charge >= 0.3 is 5.91 Å². The number of amides is 1. The first kappa shape index (κ1) is 29.5. The molecule has 5 aromatic rings. The standard InChI is InChI=1S/C36H29FN2O6S/c1-3-43-29-17-22(9-14-28(29)44-19-21-7-5-4-6-8-21)32-31(33(40)23-10-13-27-24(16-23)15-20(2)45-27)34(41)35(42)39(32)36-38-26-12-11-25(37)18-30(26)46-36/h4-14,16-18,20,32,40H,3,15,19H2,1-2H3/t20-,32-/m0/s1. The molecule has 3 heterocycles. The fraction of sp³-hybridized carbons (Fsp3) is 0.194. The van der Waals surface area contributed by atoms with Crippen molar-refractivity contribution in [1.29, 1.82) is 0 Å². The number of benzene rings is 4. The Kier molecular flexibility index (Phi) is 7.66. The lowest BCUT2D eigenvalue weighted by molar-refractivity contribution is -0.132. The Bertz CT molecular complexity index is 2020. The number of rotatable bonds is 8. The maximum Gasteiger partial charge on any atom is 0.301 e. The molecule has 0 radical (unpaired) electrons. The summed E-state index contributed by atoms with van der Waals surface area (Å²) in [6.07, 6.45) is 0.639. The Morgan fingerprint density at radius 1 is 1.02 bits per heavy atom. The molecule has 46 heavy (non-hydrogen) atoms. The number of hydrogen-bond acceptors (Lipinski definition) is 8. The Hall–Kier alpha value is -5.22. The lowest BCUT2D eigenvalue weighted by Crippen LogP contribution is -2.29.